The average molecular weight is 259 g/mol. The van der Waals surface area contributed by atoms with Crippen LogP contribution in [0.5, 0.6) is 0 Å². The lowest BCUT2D eigenvalue weighted by Crippen LogP contribution is -2.36. The van der Waals surface area contributed by atoms with Crippen LogP contribution in [-0.2, 0) is 0 Å². The molecule has 1 fully saturated rings. The van der Waals surface area contributed by atoms with E-state index in [1.165, 1.54) is 18.4 Å². The van der Waals surface area contributed by atoms with Gasteiger partial charge in [0.15, 0.2) is 5.65 Å². The van der Waals surface area contributed by atoms with Gasteiger partial charge in [-0.1, -0.05) is 0 Å². The number of aryl methyl sites for hydroxylation is 1. The van der Waals surface area contributed by atoms with Crippen molar-refractivity contribution in [3.63, 3.8) is 0 Å². The van der Waals surface area contributed by atoms with Gasteiger partial charge in [-0.2, -0.15) is 4.98 Å². The standard InChI is InChI=1S/C14H21N5/c1-11-5-8-19-13(9-11)16-14(17-19)18-7-2-3-12(10-18)4-6-15/h5,8-9,12H,2-4,6-7,10,15H2,1H3. The molecule has 1 unspecified atom stereocenters. The molecule has 3 rings (SSSR count). The number of hydrogen-bond donors (Lipinski definition) is 1. The minimum atomic E-state index is 0.687. The van der Waals surface area contributed by atoms with Gasteiger partial charge in [-0.25, -0.2) is 4.52 Å². The Morgan fingerprint density at radius 1 is 1.47 bits per heavy atom. The van der Waals surface area contributed by atoms with Crippen LogP contribution in [0.15, 0.2) is 18.3 Å². The van der Waals surface area contributed by atoms with Crippen LogP contribution < -0.4 is 10.6 Å². The van der Waals surface area contributed by atoms with Crippen molar-refractivity contribution < 1.29 is 0 Å². The molecule has 102 valence electrons. The lowest BCUT2D eigenvalue weighted by atomic mass is 9.95. The van der Waals surface area contributed by atoms with Crippen molar-refractivity contribution in [1.82, 2.24) is 14.6 Å². The van der Waals surface area contributed by atoms with Crippen LogP contribution in [0, 0.1) is 12.8 Å². The van der Waals surface area contributed by atoms with Gasteiger partial charge >= 0.3 is 0 Å². The first-order valence-electron chi connectivity index (χ1n) is 7.04. The normalized spacial score (nSPS) is 20.1. The highest BCUT2D eigenvalue weighted by atomic mass is 15.4. The van der Waals surface area contributed by atoms with Gasteiger partial charge in [0, 0.05) is 19.3 Å². The van der Waals surface area contributed by atoms with Gasteiger partial charge in [0.25, 0.3) is 0 Å². The van der Waals surface area contributed by atoms with Crippen LogP contribution in [-0.4, -0.2) is 34.2 Å². The molecule has 2 aromatic rings. The first-order chi connectivity index (χ1) is 9.26. The monoisotopic (exact) mass is 259 g/mol. The average Bonchev–Trinajstić information content (AvgIpc) is 2.82. The lowest BCUT2D eigenvalue weighted by molar-refractivity contribution is 0.392. The molecule has 0 radical (unpaired) electrons. The van der Waals surface area contributed by atoms with Gasteiger partial charge in [0.1, 0.15) is 0 Å². The van der Waals surface area contributed by atoms with Gasteiger partial charge in [-0.3, -0.25) is 0 Å². The van der Waals surface area contributed by atoms with E-state index in [4.69, 9.17) is 5.73 Å². The van der Waals surface area contributed by atoms with Crippen molar-refractivity contribution in [2.45, 2.75) is 26.2 Å². The number of anilines is 1. The summed E-state index contributed by atoms with van der Waals surface area (Å²) in [4.78, 5) is 6.94. The van der Waals surface area contributed by atoms with Gasteiger partial charge in [0.2, 0.25) is 5.95 Å². The molecule has 0 saturated carbocycles. The van der Waals surface area contributed by atoms with E-state index in [-0.39, 0.29) is 0 Å². The Kier molecular flexibility index (Phi) is 3.38. The minimum absolute atomic E-state index is 0.687. The molecule has 5 nitrogen and oxygen atoms in total. The summed E-state index contributed by atoms with van der Waals surface area (Å²) < 4.78 is 1.86. The van der Waals surface area contributed by atoms with E-state index in [1.54, 1.807) is 0 Å². The zero-order chi connectivity index (χ0) is 13.2. The predicted molar refractivity (Wildman–Crippen MR) is 76.3 cm³/mol. The van der Waals surface area contributed by atoms with Crippen molar-refractivity contribution in [3.05, 3.63) is 23.9 Å². The van der Waals surface area contributed by atoms with E-state index in [1.807, 2.05) is 10.7 Å². The molecule has 0 spiro atoms. The molecular formula is C14H21N5. The number of nitrogens with two attached hydrogens (primary N) is 1. The summed E-state index contributed by atoms with van der Waals surface area (Å²) in [6.45, 7) is 4.94. The second-order valence-corrected chi connectivity index (χ2v) is 5.45. The molecular weight excluding hydrogens is 238 g/mol. The molecule has 1 aliphatic rings. The number of aromatic nitrogens is 3. The summed E-state index contributed by atoms with van der Waals surface area (Å²) in [5, 5.41) is 4.57. The first kappa shape index (κ1) is 12.4. The zero-order valence-electron chi connectivity index (χ0n) is 11.4. The molecule has 0 aliphatic carbocycles. The summed E-state index contributed by atoms with van der Waals surface area (Å²) in [5.41, 5.74) is 7.81. The zero-order valence-corrected chi connectivity index (χ0v) is 11.4. The second kappa shape index (κ2) is 5.17. The predicted octanol–water partition coefficient (Wildman–Crippen LogP) is 1.60. The summed E-state index contributed by atoms with van der Waals surface area (Å²) in [6, 6.07) is 4.12. The van der Waals surface area contributed by atoms with Gasteiger partial charge < -0.3 is 10.6 Å². The quantitative estimate of drug-likeness (QED) is 0.909. The van der Waals surface area contributed by atoms with E-state index in [0.29, 0.717) is 5.92 Å². The number of hydrogen-bond acceptors (Lipinski definition) is 4. The van der Waals surface area contributed by atoms with E-state index in [0.717, 1.165) is 37.7 Å². The highest BCUT2D eigenvalue weighted by Gasteiger charge is 2.22. The maximum absolute atomic E-state index is 5.67. The number of fused-ring (bicyclic) bond motifs is 1. The van der Waals surface area contributed by atoms with Crippen LogP contribution in [0.25, 0.3) is 5.65 Å². The van der Waals surface area contributed by atoms with Crippen LogP contribution in [0.4, 0.5) is 5.95 Å². The molecule has 1 saturated heterocycles. The molecule has 0 aromatic carbocycles. The minimum Gasteiger partial charge on any atom is -0.339 e. The maximum Gasteiger partial charge on any atom is 0.245 e. The Labute approximate surface area is 113 Å². The van der Waals surface area contributed by atoms with Crippen molar-refractivity contribution in [3.8, 4) is 0 Å². The van der Waals surface area contributed by atoms with Crippen molar-refractivity contribution >= 4 is 11.6 Å². The number of rotatable bonds is 3. The Balaban J connectivity index is 1.83. The van der Waals surface area contributed by atoms with Gasteiger partial charge in [-0.15, -0.1) is 5.10 Å². The Bertz CT molecular complexity index is 560. The van der Waals surface area contributed by atoms with Gasteiger partial charge in [-0.05, 0) is 56.3 Å². The Morgan fingerprint density at radius 3 is 3.21 bits per heavy atom. The fourth-order valence-electron chi connectivity index (χ4n) is 2.82. The van der Waals surface area contributed by atoms with E-state index < -0.39 is 0 Å². The van der Waals surface area contributed by atoms with Crippen LogP contribution in [0.2, 0.25) is 0 Å². The number of pyridine rings is 1. The number of nitrogens with zero attached hydrogens (tertiary/aromatic N) is 4. The third kappa shape index (κ3) is 2.56. The summed E-state index contributed by atoms with van der Waals surface area (Å²) in [7, 11) is 0. The molecule has 5 heteroatoms. The fraction of sp³-hybridized carbons (Fsp3) is 0.571. The summed E-state index contributed by atoms with van der Waals surface area (Å²) >= 11 is 0. The van der Waals surface area contributed by atoms with Crippen LogP contribution in [0.1, 0.15) is 24.8 Å². The highest BCUT2D eigenvalue weighted by molar-refractivity contribution is 5.46. The lowest BCUT2D eigenvalue weighted by Gasteiger charge is -2.31. The van der Waals surface area contributed by atoms with Crippen LogP contribution in [0.3, 0.4) is 0 Å². The van der Waals surface area contributed by atoms with Crippen molar-refractivity contribution in [2.24, 2.45) is 11.7 Å². The largest absolute Gasteiger partial charge is 0.339 e. The van der Waals surface area contributed by atoms with Gasteiger partial charge in [0.05, 0.1) is 0 Å². The molecule has 3 heterocycles. The Morgan fingerprint density at radius 2 is 2.37 bits per heavy atom. The summed E-state index contributed by atoms with van der Waals surface area (Å²) in [6.07, 6.45) is 5.56. The third-order valence-corrected chi connectivity index (χ3v) is 3.86. The smallest absolute Gasteiger partial charge is 0.245 e. The molecule has 2 aromatic heterocycles. The molecule has 19 heavy (non-hydrogen) atoms. The third-order valence-electron chi connectivity index (χ3n) is 3.86. The van der Waals surface area contributed by atoms with Crippen LogP contribution >= 0.6 is 0 Å². The second-order valence-electron chi connectivity index (χ2n) is 5.45. The topological polar surface area (TPSA) is 59.5 Å². The van der Waals surface area contributed by atoms with E-state index >= 15 is 0 Å². The SMILES string of the molecule is Cc1ccn2nc(N3CCCC(CCN)C3)nc2c1. The molecule has 1 aliphatic heterocycles. The summed E-state index contributed by atoms with van der Waals surface area (Å²) in [5.74, 6) is 1.54. The maximum atomic E-state index is 5.67. The molecule has 1 atom stereocenters. The fourth-order valence-corrected chi connectivity index (χ4v) is 2.82. The molecule has 0 amide bonds. The Hall–Kier alpha value is -1.62. The van der Waals surface area contributed by atoms with Crippen molar-refractivity contribution in [2.75, 3.05) is 24.5 Å². The molecule has 0 bridgehead atoms. The number of piperidine rings is 1. The molecule has 2 N–H and O–H groups in total. The van der Waals surface area contributed by atoms with Crippen molar-refractivity contribution in [1.29, 1.82) is 0 Å². The first-order valence-corrected chi connectivity index (χ1v) is 7.04. The highest BCUT2D eigenvalue weighted by Crippen LogP contribution is 2.22. The van der Waals surface area contributed by atoms with E-state index in [2.05, 4.69) is 34.0 Å². The van der Waals surface area contributed by atoms with E-state index in [9.17, 15) is 0 Å².